The number of rotatable bonds is 16. The van der Waals surface area contributed by atoms with Gasteiger partial charge in [-0.1, -0.05) is 352 Å². The molecule has 0 aliphatic heterocycles. The summed E-state index contributed by atoms with van der Waals surface area (Å²) in [4.78, 5) is 0. The molecule has 148 heavy (non-hydrogen) atoms. The fraction of sp³-hybridized carbons (Fsp3) is 0.0143. The third kappa shape index (κ3) is 12.8. The van der Waals surface area contributed by atoms with Crippen molar-refractivity contribution in [3.05, 3.63) is 560 Å². The quantitative estimate of drug-likeness (QED) is 0.0905. The first-order valence-corrected chi connectivity index (χ1v) is 53.1. The third-order valence-electron chi connectivity index (χ3n) is 31.7. The van der Waals surface area contributed by atoms with E-state index in [1.54, 1.807) is 0 Å². The van der Waals surface area contributed by atoms with E-state index in [1.807, 2.05) is 34.0 Å². The fourth-order valence-electron chi connectivity index (χ4n) is 25.1. The highest BCUT2D eigenvalue weighted by Crippen LogP contribution is 2.57. The Morgan fingerprint density at radius 1 is 0.155 bits per heavy atom. The molecule has 690 valence electrons. The first-order chi connectivity index (χ1) is 73.3. The van der Waals surface area contributed by atoms with Crippen molar-refractivity contribution in [1.82, 2.24) is 13.7 Å². The standard InChI is InChI=1S/C140H85N3O2S3/c1-5-33-95(34-6-1)139(96-35-7-2-8-36-96,99-41-26-32-93(75-99)113-80-94(81-120-109-49-18-24-59-134(109)146-136(113)120)92-60-67-110-112-51-29-53-122(138(112)148-135(110)82-92)140(97-37-9-3-10-38-97,98-39-11-4-12-40-98)121-52-28-50-111-108-48-17-23-58-133(108)147-137(111)121)100-42-27-43-101(83-100)141-125-56-21-15-46-106(125)114-76-88(61-68-127(114)141)89-62-69-128-115(77-89)107-47-16-22-57-126(107)143(128)103-66-73-132-119(85-103)117-79-91(64-71-130(117)145-132)87-31-25-30-86(74-87)90-63-70-129-116(78-90)118-84-102(65-72-131(118)144-129)142-123-54-19-13-44-104(123)105-45-14-20-55-124(105)142/h1-85H. The van der Waals surface area contributed by atoms with Crippen LogP contribution in [0.5, 0.6) is 0 Å². The monoisotopic (exact) mass is 1940 g/mol. The van der Waals surface area contributed by atoms with Crippen LogP contribution in [0, 0.1) is 0 Å². The van der Waals surface area contributed by atoms with Gasteiger partial charge in [0.25, 0.3) is 0 Å². The predicted molar refractivity (Wildman–Crippen MR) is 626 cm³/mol. The van der Waals surface area contributed by atoms with Crippen molar-refractivity contribution in [3.8, 4) is 72.7 Å². The van der Waals surface area contributed by atoms with E-state index in [4.69, 9.17) is 8.83 Å². The summed E-state index contributed by atoms with van der Waals surface area (Å²) >= 11 is 5.73. The molecule has 0 unspecified atom stereocenters. The van der Waals surface area contributed by atoms with Crippen LogP contribution in [-0.2, 0) is 10.8 Å². The lowest BCUT2D eigenvalue weighted by Crippen LogP contribution is -2.31. The smallest absolute Gasteiger partial charge is 0.135 e. The normalized spacial score (nSPS) is 12.3. The van der Waals surface area contributed by atoms with Crippen LogP contribution in [-0.4, -0.2) is 13.7 Å². The van der Waals surface area contributed by atoms with Gasteiger partial charge in [-0.25, -0.2) is 0 Å². The zero-order valence-electron chi connectivity index (χ0n) is 80.0. The van der Waals surface area contributed by atoms with E-state index in [1.165, 1.54) is 160 Å². The van der Waals surface area contributed by atoms with E-state index >= 15 is 0 Å². The maximum atomic E-state index is 6.72. The molecule has 0 aliphatic rings. The van der Waals surface area contributed by atoms with Crippen molar-refractivity contribution >= 4 is 204 Å². The minimum Gasteiger partial charge on any atom is -0.456 e. The molecule has 31 rings (SSSR count). The molecule has 5 nitrogen and oxygen atoms in total. The Balaban J connectivity index is 0.492. The van der Waals surface area contributed by atoms with E-state index in [-0.39, 0.29) is 0 Å². The van der Waals surface area contributed by atoms with Gasteiger partial charge in [-0.05, 0) is 258 Å². The van der Waals surface area contributed by atoms with Crippen LogP contribution in [0.25, 0.3) is 243 Å². The molecule has 0 bridgehead atoms. The molecule has 0 N–H and O–H groups in total. The van der Waals surface area contributed by atoms with E-state index in [0.717, 1.165) is 128 Å². The first kappa shape index (κ1) is 84.3. The molecule has 0 saturated carbocycles. The Labute approximate surface area is 863 Å². The maximum Gasteiger partial charge on any atom is 0.135 e. The number of hydrogen-bond donors (Lipinski definition) is 0. The molecular formula is C140H85N3O2S3. The lowest BCUT2D eigenvalue weighted by Gasteiger charge is -2.37. The number of nitrogens with zero attached hydrogens (tertiary/aromatic N) is 3. The van der Waals surface area contributed by atoms with E-state index in [2.05, 4.69) is 529 Å². The van der Waals surface area contributed by atoms with Crippen LogP contribution >= 0.6 is 34.0 Å². The maximum absolute atomic E-state index is 6.72. The SMILES string of the molecule is c1ccc(C(c2ccccc2)(c2cccc(-c3cc(-c4ccc5c(c4)sc4c(C(c6ccccc6)(c6ccccc6)c6cccc7c6sc6ccccc67)cccc45)cc4c3sc3ccccc34)c2)c2cccc(-n3c4ccccc4c4cc(-c5ccc6c(c5)c5ccccc5n6-c5ccc6oc7ccc(-c8cccc(-c9ccc%10oc%11ccc(-n%12c%13ccccc%13c%13ccccc%13%12)cc%11c%10c9)c8)cc7c6c5)ccc43)c2)cc1. The minimum absolute atomic E-state index is 0.678. The van der Waals surface area contributed by atoms with Crippen LogP contribution in [0.15, 0.2) is 524 Å². The molecule has 0 saturated heterocycles. The van der Waals surface area contributed by atoms with Crippen molar-refractivity contribution in [3.63, 3.8) is 0 Å². The lowest BCUT2D eigenvalue weighted by atomic mass is 9.64. The van der Waals surface area contributed by atoms with Gasteiger partial charge in [-0.3, -0.25) is 0 Å². The molecule has 0 fully saturated rings. The van der Waals surface area contributed by atoms with Crippen molar-refractivity contribution < 1.29 is 8.83 Å². The Hall–Kier alpha value is -18.3. The molecule has 0 radical (unpaired) electrons. The molecule has 0 spiro atoms. The van der Waals surface area contributed by atoms with Crippen molar-refractivity contribution in [2.24, 2.45) is 0 Å². The van der Waals surface area contributed by atoms with E-state index in [9.17, 15) is 0 Å². The highest BCUT2D eigenvalue weighted by Gasteiger charge is 2.43. The average Bonchev–Trinajstić information content (AvgIpc) is 1.46. The number of thiophene rings is 3. The molecule has 8 heterocycles. The fourth-order valence-corrected chi connectivity index (χ4v) is 28.9. The predicted octanol–water partition coefficient (Wildman–Crippen LogP) is 39.0. The average molecular weight is 1940 g/mol. The summed E-state index contributed by atoms with van der Waals surface area (Å²) in [5.74, 6) is 0. The minimum atomic E-state index is -0.811. The van der Waals surface area contributed by atoms with Gasteiger partial charge in [0.05, 0.1) is 43.9 Å². The first-order valence-electron chi connectivity index (χ1n) is 50.7. The Morgan fingerprint density at radius 3 is 0.973 bits per heavy atom. The van der Waals surface area contributed by atoms with Crippen molar-refractivity contribution in [1.29, 1.82) is 0 Å². The summed E-state index contributed by atoms with van der Waals surface area (Å²) in [6, 6.07) is 193. The number of aromatic nitrogens is 3. The van der Waals surface area contributed by atoms with Gasteiger partial charge in [0, 0.05) is 137 Å². The van der Waals surface area contributed by atoms with E-state index in [0.29, 0.717) is 0 Å². The van der Waals surface area contributed by atoms with Crippen molar-refractivity contribution in [2.45, 2.75) is 10.8 Å². The summed E-state index contributed by atoms with van der Waals surface area (Å²) in [5.41, 5.74) is 33.3. The summed E-state index contributed by atoms with van der Waals surface area (Å²) < 4.78 is 28.2. The van der Waals surface area contributed by atoms with Crippen LogP contribution in [0.1, 0.15) is 44.5 Å². The summed E-state index contributed by atoms with van der Waals surface area (Å²) in [7, 11) is 0. The lowest BCUT2D eigenvalue weighted by molar-refractivity contribution is 0.668. The van der Waals surface area contributed by atoms with Crippen molar-refractivity contribution in [2.75, 3.05) is 0 Å². The molecule has 23 aromatic carbocycles. The Morgan fingerprint density at radius 2 is 0.473 bits per heavy atom. The van der Waals surface area contributed by atoms with Gasteiger partial charge in [0.2, 0.25) is 0 Å². The third-order valence-corrected chi connectivity index (χ3v) is 35.3. The van der Waals surface area contributed by atoms with Gasteiger partial charge in [-0.15, -0.1) is 34.0 Å². The number of para-hydroxylation sites is 4. The number of hydrogen-bond acceptors (Lipinski definition) is 5. The topological polar surface area (TPSA) is 41.1 Å². The van der Waals surface area contributed by atoms with Gasteiger partial charge in [-0.2, -0.15) is 0 Å². The molecule has 0 atom stereocenters. The zero-order valence-corrected chi connectivity index (χ0v) is 82.4. The molecule has 0 amide bonds. The van der Waals surface area contributed by atoms with Crippen LogP contribution in [0.4, 0.5) is 0 Å². The van der Waals surface area contributed by atoms with Crippen LogP contribution in [0.3, 0.4) is 0 Å². The summed E-state index contributed by atoms with van der Waals surface area (Å²) in [5, 5.41) is 19.1. The van der Waals surface area contributed by atoms with Gasteiger partial charge in [0.15, 0.2) is 0 Å². The van der Waals surface area contributed by atoms with Crippen LogP contribution < -0.4 is 0 Å². The Kier molecular flexibility index (Phi) is 18.9. The highest BCUT2D eigenvalue weighted by atomic mass is 32.1. The zero-order chi connectivity index (χ0) is 97.0. The highest BCUT2D eigenvalue weighted by molar-refractivity contribution is 7.27. The molecule has 8 heteroatoms. The van der Waals surface area contributed by atoms with Gasteiger partial charge < -0.3 is 22.5 Å². The van der Waals surface area contributed by atoms with Crippen LogP contribution in [0.2, 0.25) is 0 Å². The second-order valence-corrected chi connectivity index (χ2v) is 42.6. The molecule has 8 aromatic heterocycles. The van der Waals surface area contributed by atoms with E-state index < -0.39 is 10.8 Å². The summed E-state index contributed by atoms with van der Waals surface area (Å²) in [6.45, 7) is 0. The Bertz CT molecular complexity index is 10800. The van der Waals surface area contributed by atoms with Gasteiger partial charge >= 0.3 is 0 Å². The number of furan rings is 2. The number of benzene rings is 23. The number of fused-ring (bicyclic) bond motifs is 24. The van der Waals surface area contributed by atoms with Gasteiger partial charge in [0.1, 0.15) is 22.3 Å². The molecular weight excluding hydrogens is 1850 g/mol. The summed E-state index contributed by atoms with van der Waals surface area (Å²) in [6.07, 6.45) is 0. The second kappa shape index (κ2) is 33.1. The largest absolute Gasteiger partial charge is 0.456 e. The molecule has 0 aliphatic carbocycles. The second-order valence-electron chi connectivity index (χ2n) is 39.5. The molecule has 31 aromatic rings.